The molecule has 0 aliphatic heterocycles. The quantitative estimate of drug-likeness (QED) is 0.562. The highest BCUT2D eigenvalue weighted by Crippen LogP contribution is 2.45. The standard InChI is InChI=1S/C23H26/c1-5-18-15-23-20(19-10-7-6-8-11-19)12-9-13-21(23)22(18)14-17(4)16(2)3/h6-14,18,22H,2,5,15H2,1,3-4H3. The van der Waals surface area contributed by atoms with Gasteiger partial charge in [0.2, 0.25) is 0 Å². The first kappa shape index (κ1) is 15.8. The minimum Gasteiger partial charge on any atom is -0.0959 e. The fourth-order valence-corrected chi connectivity index (χ4v) is 3.71. The molecule has 0 saturated heterocycles. The zero-order valence-corrected chi connectivity index (χ0v) is 14.5. The van der Waals surface area contributed by atoms with Crippen LogP contribution in [0.5, 0.6) is 0 Å². The predicted octanol–water partition coefficient (Wildman–Crippen LogP) is 6.54. The van der Waals surface area contributed by atoms with Crippen LogP contribution in [0.4, 0.5) is 0 Å². The lowest BCUT2D eigenvalue weighted by Gasteiger charge is -2.16. The summed E-state index contributed by atoms with van der Waals surface area (Å²) in [6.45, 7) is 10.7. The van der Waals surface area contributed by atoms with E-state index in [4.69, 9.17) is 0 Å². The molecular formula is C23H26. The van der Waals surface area contributed by atoms with Crippen molar-refractivity contribution in [2.45, 2.75) is 39.5 Å². The Kier molecular flexibility index (Phi) is 4.52. The number of rotatable bonds is 4. The van der Waals surface area contributed by atoms with Crippen molar-refractivity contribution < 1.29 is 0 Å². The molecule has 0 radical (unpaired) electrons. The van der Waals surface area contributed by atoms with E-state index in [0.717, 1.165) is 0 Å². The third-order valence-electron chi connectivity index (χ3n) is 5.26. The average Bonchev–Trinajstić information content (AvgIpc) is 2.93. The maximum atomic E-state index is 4.10. The van der Waals surface area contributed by atoms with Gasteiger partial charge in [-0.25, -0.2) is 0 Å². The van der Waals surface area contributed by atoms with Crippen molar-refractivity contribution >= 4 is 0 Å². The molecule has 3 rings (SSSR count). The van der Waals surface area contributed by atoms with Crippen LogP contribution in [0.15, 0.2) is 72.3 Å². The van der Waals surface area contributed by atoms with Gasteiger partial charge in [0.05, 0.1) is 0 Å². The van der Waals surface area contributed by atoms with Gasteiger partial charge in [0.1, 0.15) is 0 Å². The summed E-state index contributed by atoms with van der Waals surface area (Å²) in [4.78, 5) is 0. The molecule has 2 aromatic rings. The first-order valence-electron chi connectivity index (χ1n) is 8.63. The molecule has 2 aromatic carbocycles. The van der Waals surface area contributed by atoms with Crippen LogP contribution in [0.3, 0.4) is 0 Å². The van der Waals surface area contributed by atoms with Crippen LogP contribution in [0.25, 0.3) is 11.1 Å². The molecule has 0 heteroatoms. The predicted molar refractivity (Wildman–Crippen MR) is 101 cm³/mol. The molecule has 0 N–H and O–H groups in total. The van der Waals surface area contributed by atoms with Crippen LogP contribution in [0.2, 0.25) is 0 Å². The molecule has 0 aromatic heterocycles. The van der Waals surface area contributed by atoms with E-state index in [-0.39, 0.29) is 0 Å². The van der Waals surface area contributed by atoms with Crippen molar-refractivity contribution in [1.29, 1.82) is 0 Å². The monoisotopic (exact) mass is 302 g/mol. The van der Waals surface area contributed by atoms with E-state index in [1.807, 2.05) is 0 Å². The second kappa shape index (κ2) is 6.58. The largest absolute Gasteiger partial charge is 0.0959 e. The summed E-state index contributed by atoms with van der Waals surface area (Å²) in [7, 11) is 0. The summed E-state index contributed by atoms with van der Waals surface area (Å²) in [6, 6.07) is 17.6. The Morgan fingerprint density at radius 2 is 1.83 bits per heavy atom. The van der Waals surface area contributed by atoms with Crippen LogP contribution in [-0.4, -0.2) is 0 Å². The molecule has 0 spiro atoms. The van der Waals surface area contributed by atoms with E-state index in [2.05, 4.69) is 82.0 Å². The van der Waals surface area contributed by atoms with E-state index < -0.39 is 0 Å². The number of hydrogen-bond acceptors (Lipinski definition) is 0. The Bertz CT molecular complexity index is 734. The van der Waals surface area contributed by atoms with E-state index >= 15 is 0 Å². The van der Waals surface area contributed by atoms with Gasteiger partial charge in [-0.3, -0.25) is 0 Å². The lowest BCUT2D eigenvalue weighted by molar-refractivity contribution is 0.496. The fourth-order valence-electron chi connectivity index (χ4n) is 3.71. The Morgan fingerprint density at radius 1 is 1.09 bits per heavy atom. The van der Waals surface area contributed by atoms with Crippen molar-refractivity contribution in [2.24, 2.45) is 5.92 Å². The first-order chi connectivity index (χ1) is 11.1. The van der Waals surface area contributed by atoms with Crippen LogP contribution in [-0.2, 0) is 6.42 Å². The van der Waals surface area contributed by atoms with Crippen molar-refractivity contribution in [2.75, 3.05) is 0 Å². The highest BCUT2D eigenvalue weighted by molar-refractivity contribution is 5.70. The van der Waals surface area contributed by atoms with Gasteiger partial charge in [0.25, 0.3) is 0 Å². The van der Waals surface area contributed by atoms with Crippen LogP contribution < -0.4 is 0 Å². The van der Waals surface area contributed by atoms with Gasteiger partial charge < -0.3 is 0 Å². The summed E-state index contributed by atoms with van der Waals surface area (Å²) < 4.78 is 0. The number of allylic oxidation sites excluding steroid dienone is 3. The molecule has 2 unspecified atom stereocenters. The number of benzene rings is 2. The number of fused-ring (bicyclic) bond motifs is 1. The second-order valence-electron chi connectivity index (χ2n) is 6.77. The Labute approximate surface area is 140 Å². The van der Waals surface area contributed by atoms with Crippen LogP contribution in [0, 0.1) is 5.92 Å². The van der Waals surface area contributed by atoms with Gasteiger partial charge in [-0.05, 0) is 48.4 Å². The number of hydrogen-bond donors (Lipinski definition) is 0. The van der Waals surface area contributed by atoms with Crippen molar-refractivity contribution in [3.63, 3.8) is 0 Å². The van der Waals surface area contributed by atoms with Gasteiger partial charge >= 0.3 is 0 Å². The van der Waals surface area contributed by atoms with Gasteiger partial charge in [-0.15, -0.1) is 0 Å². The minimum atomic E-state index is 0.523. The Morgan fingerprint density at radius 3 is 2.48 bits per heavy atom. The third kappa shape index (κ3) is 3.03. The second-order valence-corrected chi connectivity index (χ2v) is 6.77. The normalized spacial score (nSPS) is 20.4. The lowest BCUT2D eigenvalue weighted by atomic mass is 9.88. The highest BCUT2D eigenvalue weighted by atomic mass is 14.3. The summed E-state index contributed by atoms with van der Waals surface area (Å²) in [6.07, 6.45) is 4.84. The SMILES string of the molecule is C=C(C)C(C)=CC1c2cccc(-c3ccccc3)c2CC1CC. The molecule has 118 valence electrons. The molecule has 1 aliphatic carbocycles. The molecule has 23 heavy (non-hydrogen) atoms. The van der Waals surface area contributed by atoms with Crippen LogP contribution >= 0.6 is 0 Å². The van der Waals surface area contributed by atoms with E-state index in [0.29, 0.717) is 11.8 Å². The molecule has 0 saturated carbocycles. The summed E-state index contributed by atoms with van der Waals surface area (Å²) in [5.74, 6) is 1.22. The van der Waals surface area contributed by atoms with E-state index in [9.17, 15) is 0 Å². The smallest absolute Gasteiger partial charge is 0.00580 e. The lowest BCUT2D eigenvalue weighted by Crippen LogP contribution is -2.04. The molecule has 0 fully saturated rings. The fraction of sp³-hybridized carbons (Fsp3) is 0.304. The van der Waals surface area contributed by atoms with Gasteiger partial charge in [0, 0.05) is 5.92 Å². The average molecular weight is 302 g/mol. The summed E-state index contributed by atoms with van der Waals surface area (Å²) in [5, 5.41) is 0. The zero-order valence-electron chi connectivity index (χ0n) is 14.5. The summed E-state index contributed by atoms with van der Waals surface area (Å²) >= 11 is 0. The molecule has 0 bridgehead atoms. The Hall–Kier alpha value is -2.08. The van der Waals surface area contributed by atoms with Crippen LogP contribution in [0.1, 0.15) is 44.2 Å². The van der Waals surface area contributed by atoms with E-state index in [1.165, 1.54) is 40.7 Å². The minimum absolute atomic E-state index is 0.523. The summed E-state index contributed by atoms with van der Waals surface area (Å²) in [5.41, 5.74) is 8.30. The van der Waals surface area contributed by atoms with Crippen molar-refractivity contribution in [1.82, 2.24) is 0 Å². The molecular weight excluding hydrogens is 276 g/mol. The maximum Gasteiger partial charge on any atom is 0.00580 e. The van der Waals surface area contributed by atoms with Gasteiger partial charge in [-0.2, -0.15) is 0 Å². The first-order valence-corrected chi connectivity index (χ1v) is 8.63. The van der Waals surface area contributed by atoms with Gasteiger partial charge in [0.15, 0.2) is 0 Å². The van der Waals surface area contributed by atoms with Gasteiger partial charge in [-0.1, -0.05) is 85.7 Å². The molecule has 1 aliphatic rings. The highest BCUT2D eigenvalue weighted by Gasteiger charge is 2.31. The molecule has 0 amide bonds. The third-order valence-corrected chi connectivity index (χ3v) is 5.26. The molecule has 0 heterocycles. The van der Waals surface area contributed by atoms with Crippen molar-refractivity contribution in [3.8, 4) is 11.1 Å². The van der Waals surface area contributed by atoms with Crippen molar-refractivity contribution in [3.05, 3.63) is 83.5 Å². The zero-order chi connectivity index (χ0) is 16.4. The maximum absolute atomic E-state index is 4.10. The Balaban J connectivity index is 2.09. The molecule has 0 nitrogen and oxygen atoms in total. The van der Waals surface area contributed by atoms with E-state index in [1.54, 1.807) is 5.56 Å². The topological polar surface area (TPSA) is 0 Å². The molecule has 2 atom stereocenters.